The molecular formula is C22H20N2O2. The minimum Gasteiger partial charge on any atom is -0.487 e. The van der Waals surface area contributed by atoms with Gasteiger partial charge in [0.1, 0.15) is 11.4 Å². The van der Waals surface area contributed by atoms with Crippen LogP contribution in [-0.4, -0.2) is 17.7 Å². The second kappa shape index (κ2) is 6.30. The number of carbonyl (C=O) groups excluding carboxylic acids is 1. The van der Waals surface area contributed by atoms with Crippen molar-refractivity contribution in [2.45, 2.75) is 25.9 Å². The second-order valence-corrected chi connectivity index (χ2v) is 7.13. The van der Waals surface area contributed by atoms with Gasteiger partial charge in [-0.25, -0.2) is 5.43 Å². The van der Waals surface area contributed by atoms with Crippen LogP contribution < -0.4 is 10.2 Å². The van der Waals surface area contributed by atoms with Crippen LogP contribution in [0.3, 0.4) is 0 Å². The maximum Gasteiger partial charge on any atom is 0.271 e. The Kier molecular flexibility index (Phi) is 3.96. The van der Waals surface area contributed by atoms with Crippen LogP contribution in [0.5, 0.6) is 5.75 Å². The molecule has 0 fully saturated rings. The predicted molar refractivity (Wildman–Crippen MR) is 104 cm³/mol. The van der Waals surface area contributed by atoms with Gasteiger partial charge in [0.25, 0.3) is 5.91 Å². The van der Waals surface area contributed by atoms with Crippen molar-refractivity contribution in [1.82, 2.24) is 5.43 Å². The zero-order valence-corrected chi connectivity index (χ0v) is 14.8. The molecule has 1 heterocycles. The lowest BCUT2D eigenvalue weighted by molar-refractivity contribution is 0.0956. The predicted octanol–water partition coefficient (Wildman–Crippen LogP) is 4.32. The Morgan fingerprint density at radius 2 is 1.92 bits per heavy atom. The fourth-order valence-corrected chi connectivity index (χ4v) is 3.36. The Labute approximate surface area is 152 Å². The van der Waals surface area contributed by atoms with Crippen molar-refractivity contribution in [1.29, 1.82) is 0 Å². The Hall–Kier alpha value is -3.14. The summed E-state index contributed by atoms with van der Waals surface area (Å²) >= 11 is 0. The quantitative estimate of drug-likeness (QED) is 0.568. The van der Waals surface area contributed by atoms with Crippen molar-refractivity contribution in [3.05, 3.63) is 77.4 Å². The number of ether oxygens (including phenoxy) is 1. The van der Waals surface area contributed by atoms with Crippen LogP contribution in [0.1, 0.15) is 35.3 Å². The smallest absolute Gasteiger partial charge is 0.271 e. The van der Waals surface area contributed by atoms with Crippen molar-refractivity contribution in [2.75, 3.05) is 0 Å². The van der Waals surface area contributed by atoms with Gasteiger partial charge in [-0.2, -0.15) is 5.10 Å². The molecule has 4 rings (SSSR count). The molecule has 1 amide bonds. The third kappa shape index (κ3) is 3.18. The van der Waals surface area contributed by atoms with Crippen molar-refractivity contribution < 1.29 is 9.53 Å². The minimum absolute atomic E-state index is 0.166. The number of hydrazone groups is 1. The molecule has 1 aliphatic rings. The zero-order chi connectivity index (χ0) is 18.1. The Bertz CT molecular complexity index is 1020. The minimum atomic E-state index is -0.219. The van der Waals surface area contributed by atoms with E-state index in [-0.39, 0.29) is 11.5 Å². The van der Waals surface area contributed by atoms with E-state index in [0.29, 0.717) is 5.56 Å². The van der Waals surface area contributed by atoms with Gasteiger partial charge in [0.15, 0.2) is 0 Å². The van der Waals surface area contributed by atoms with Gasteiger partial charge in [-0.05, 0) is 60.0 Å². The molecule has 3 aromatic rings. The maximum absolute atomic E-state index is 12.5. The van der Waals surface area contributed by atoms with Crippen LogP contribution in [0.15, 0.2) is 65.8 Å². The number of hydrogen-bond acceptors (Lipinski definition) is 3. The van der Waals surface area contributed by atoms with Crippen LogP contribution >= 0.6 is 0 Å². The van der Waals surface area contributed by atoms with E-state index in [2.05, 4.69) is 30.4 Å². The first-order chi connectivity index (χ1) is 12.5. The van der Waals surface area contributed by atoms with Gasteiger partial charge in [-0.15, -0.1) is 0 Å². The fraction of sp³-hybridized carbons (Fsp3) is 0.182. The topological polar surface area (TPSA) is 50.7 Å². The molecule has 4 nitrogen and oxygen atoms in total. The van der Waals surface area contributed by atoms with Gasteiger partial charge < -0.3 is 4.74 Å². The van der Waals surface area contributed by atoms with E-state index in [1.54, 1.807) is 6.21 Å². The van der Waals surface area contributed by atoms with Gasteiger partial charge in [0.05, 0.1) is 6.21 Å². The molecule has 0 aromatic heterocycles. The summed E-state index contributed by atoms with van der Waals surface area (Å²) in [6.07, 6.45) is 2.53. The number of nitrogens with one attached hydrogen (secondary N) is 1. The van der Waals surface area contributed by atoms with Crippen LogP contribution in [0.4, 0.5) is 0 Å². The van der Waals surface area contributed by atoms with Gasteiger partial charge in [-0.1, -0.05) is 36.4 Å². The Morgan fingerprint density at radius 3 is 2.81 bits per heavy atom. The van der Waals surface area contributed by atoms with Crippen molar-refractivity contribution >= 4 is 22.9 Å². The second-order valence-electron chi connectivity index (χ2n) is 7.13. The van der Waals surface area contributed by atoms with E-state index in [9.17, 15) is 4.79 Å². The third-order valence-corrected chi connectivity index (χ3v) is 4.50. The van der Waals surface area contributed by atoms with E-state index in [1.165, 1.54) is 5.56 Å². The van der Waals surface area contributed by atoms with Crippen LogP contribution in [0.2, 0.25) is 0 Å². The lowest BCUT2D eigenvalue weighted by atomic mass is 10.0. The average molecular weight is 344 g/mol. The fourth-order valence-electron chi connectivity index (χ4n) is 3.36. The molecule has 0 bridgehead atoms. The summed E-state index contributed by atoms with van der Waals surface area (Å²) in [6, 6.07) is 19.4. The number of fused-ring (bicyclic) bond motifs is 2. The average Bonchev–Trinajstić information content (AvgIpc) is 2.94. The van der Waals surface area contributed by atoms with Crippen LogP contribution in [-0.2, 0) is 6.42 Å². The lowest BCUT2D eigenvalue weighted by Gasteiger charge is -2.16. The molecule has 0 radical (unpaired) electrons. The molecule has 1 N–H and O–H groups in total. The Balaban J connectivity index is 1.50. The molecule has 0 saturated carbocycles. The number of benzene rings is 3. The van der Waals surface area contributed by atoms with E-state index in [1.807, 2.05) is 54.6 Å². The summed E-state index contributed by atoms with van der Waals surface area (Å²) in [4.78, 5) is 12.5. The normalized spacial score (nSPS) is 15.0. The maximum atomic E-state index is 12.5. The van der Waals surface area contributed by atoms with Crippen molar-refractivity contribution in [3.63, 3.8) is 0 Å². The SMILES string of the molecule is CC1(C)Cc2cc(/C=N/NC(=O)c3cccc4ccccc34)ccc2O1. The number of nitrogens with zero attached hydrogens (tertiary/aromatic N) is 1. The highest BCUT2D eigenvalue weighted by Crippen LogP contribution is 2.34. The number of amides is 1. The van der Waals surface area contributed by atoms with E-state index in [0.717, 1.165) is 28.5 Å². The van der Waals surface area contributed by atoms with Gasteiger partial charge >= 0.3 is 0 Å². The van der Waals surface area contributed by atoms with Gasteiger partial charge in [-0.3, -0.25) is 4.79 Å². The first kappa shape index (κ1) is 16.3. The summed E-state index contributed by atoms with van der Waals surface area (Å²) in [7, 11) is 0. The van der Waals surface area contributed by atoms with Gasteiger partial charge in [0.2, 0.25) is 0 Å². The van der Waals surface area contributed by atoms with Crippen molar-refractivity contribution in [3.8, 4) is 5.75 Å². The zero-order valence-electron chi connectivity index (χ0n) is 14.8. The molecule has 3 aromatic carbocycles. The molecular weight excluding hydrogens is 324 g/mol. The van der Waals surface area contributed by atoms with E-state index >= 15 is 0 Å². The van der Waals surface area contributed by atoms with Crippen molar-refractivity contribution in [2.24, 2.45) is 5.10 Å². The largest absolute Gasteiger partial charge is 0.487 e. The number of rotatable bonds is 3. The number of carbonyl (C=O) groups is 1. The standard InChI is InChI=1S/C22H20N2O2/c1-22(2)13-17-12-15(10-11-20(17)26-22)14-23-24-21(25)19-9-5-7-16-6-3-4-8-18(16)19/h3-12,14H,13H2,1-2H3,(H,24,25)/b23-14+. The highest BCUT2D eigenvalue weighted by Gasteiger charge is 2.29. The summed E-state index contributed by atoms with van der Waals surface area (Å²) in [5.74, 6) is 0.704. The highest BCUT2D eigenvalue weighted by atomic mass is 16.5. The molecule has 0 spiro atoms. The molecule has 1 aliphatic heterocycles. The van der Waals surface area contributed by atoms with E-state index < -0.39 is 0 Å². The monoisotopic (exact) mass is 344 g/mol. The summed E-state index contributed by atoms with van der Waals surface area (Å²) < 4.78 is 5.88. The molecule has 26 heavy (non-hydrogen) atoms. The molecule has 0 unspecified atom stereocenters. The molecule has 0 saturated heterocycles. The van der Waals surface area contributed by atoms with E-state index in [4.69, 9.17) is 4.74 Å². The highest BCUT2D eigenvalue weighted by molar-refractivity contribution is 6.07. The van der Waals surface area contributed by atoms with Crippen LogP contribution in [0.25, 0.3) is 10.8 Å². The van der Waals surface area contributed by atoms with Gasteiger partial charge in [0, 0.05) is 12.0 Å². The first-order valence-corrected chi connectivity index (χ1v) is 8.65. The molecule has 4 heteroatoms. The summed E-state index contributed by atoms with van der Waals surface area (Å²) in [5.41, 5.74) is 5.17. The van der Waals surface area contributed by atoms with Crippen LogP contribution in [0, 0.1) is 0 Å². The Morgan fingerprint density at radius 1 is 1.12 bits per heavy atom. The molecule has 130 valence electrons. The molecule has 0 aliphatic carbocycles. The lowest BCUT2D eigenvalue weighted by Crippen LogP contribution is -2.24. The molecule has 0 atom stereocenters. The third-order valence-electron chi connectivity index (χ3n) is 4.50. The number of hydrogen-bond donors (Lipinski definition) is 1. The first-order valence-electron chi connectivity index (χ1n) is 8.65. The summed E-state index contributed by atoms with van der Waals surface area (Å²) in [5, 5.41) is 6.07. The summed E-state index contributed by atoms with van der Waals surface area (Å²) in [6.45, 7) is 4.15.